The molecule has 0 aromatic heterocycles. The van der Waals surface area contributed by atoms with Crippen LogP contribution in [-0.2, 0) is 20.6 Å². The van der Waals surface area contributed by atoms with E-state index < -0.39 is 39.9 Å². The smallest absolute Gasteiger partial charge is 0.242 e. The second kappa shape index (κ2) is 7.42. The van der Waals surface area contributed by atoms with Gasteiger partial charge in [-0.3, -0.25) is 4.79 Å². The van der Waals surface area contributed by atoms with Crippen molar-refractivity contribution < 1.29 is 22.0 Å². The number of carbonyl (C=O) groups excluding carboxylic acids is 1. The zero-order chi connectivity index (χ0) is 19.6. The van der Waals surface area contributed by atoms with E-state index in [2.05, 4.69) is 0 Å². The van der Waals surface area contributed by atoms with E-state index in [0.29, 0.717) is 5.69 Å². The van der Waals surface area contributed by atoms with E-state index in [1.807, 2.05) is 6.07 Å². The fourth-order valence-electron chi connectivity index (χ4n) is 2.85. The predicted molar refractivity (Wildman–Crippen MR) is 94.1 cm³/mol. The molecule has 3 rings (SSSR count). The van der Waals surface area contributed by atoms with E-state index in [4.69, 9.17) is 5.26 Å². The first-order valence-electron chi connectivity index (χ1n) is 8.02. The summed E-state index contributed by atoms with van der Waals surface area (Å²) in [6, 6.07) is 10.8. The van der Waals surface area contributed by atoms with Crippen LogP contribution in [0.15, 0.2) is 42.5 Å². The Morgan fingerprint density at radius 2 is 1.89 bits per heavy atom. The predicted octanol–water partition coefficient (Wildman–Crippen LogP) is 2.02. The van der Waals surface area contributed by atoms with Crippen LogP contribution < -0.4 is 4.90 Å². The average molecular weight is 391 g/mol. The standard InChI is InChI=1S/C18H15F2N3O3S/c19-15-2-1-3-16(9-15)23-7-6-22(11-18(23)24)27(25,26)12-14-8-13(10-21)4-5-17(14)20/h1-5,8-9H,6-7,11-12H2. The lowest BCUT2D eigenvalue weighted by atomic mass is 10.1. The van der Waals surface area contributed by atoms with Gasteiger partial charge in [-0.05, 0) is 36.4 Å². The van der Waals surface area contributed by atoms with E-state index >= 15 is 0 Å². The molecule has 6 nitrogen and oxygen atoms in total. The van der Waals surface area contributed by atoms with Crippen LogP contribution in [0.1, 0.15) is 11.1 Å². The van der Waals surface area contributed by atoms with Crippen molar-refractivity contribution in [1.82, 2.24) is 4.31 Å². The van der Waals surface area contributed by atoms with Gasteiger partial charge in [-0.25, -0.2) is 17.2 Å². The summed E-state index contributed by atoms with van der Waals surface area (Å²) in [5.41, 5.74) is 0.368. The number of hydrogen-bond donors (Lipinski definition) is 0. The summed E-state index contributed by atoms with van der Waals surface area (Å²) < 4.78 is 53.4. The Labute approximate surface area is 155 Å². The summed E-state index contributed by atoms with van der Waals surface area (Å²) in [5, 5.41) is 8.88. The fraction of sp³-hybridized carbons (Fsp3) is 0.222. The SMILES string of the molecule is N#Cc1ccc(F)c(CS(=O)(=O)N2CCN(c3cccc(F)c3)C(=O)C2)c1. The third kappa shape index (κ3) is 4.13. The number of anilines is 1. The fourth-order valence-corrected chi connectivity index (χ4v) is 4.31. The highest BCUT2D eigenvalue weighted by Gasteiger charge is 2.33. The van der Waals surface area contributed by atoms with E-state index in [9.17, 15) is 22.0 Å². The van der Waals surface area contributed by atoms with Crippen molar-refractivity contribution in [3.05, 3.63) is 65.2 Å². The van der Waals surface area contributed by atoms with Gasteiger partial charge in [-0.15, -0.1) is 0 Å². The maximum atomic E-state index is 13.9. The number of hydrogen-bond acceptors (Lipinski definition) is 4. The Morgan fingerprint density at radius 1 is 1.11 bits per heavy atom. The molecule has 0 radical (unpaired) electrons. The zero-order valence-electron chi connectivity index (χ0n) is 14.1. The molecule has 0 aliphatic carbocycles. The highest BCUT2D eigenvalue weighted by Crippen LogP contribution is 2.22. The van der Waals surface area contributed by atoms with Crippen molar-refractivity contribution >= 4 is 21.6 Å². The lowest BCUT2D eigenvalue weighted by molar-refractivity contribution is -0.119. The molecule has 0 spiro atoms. The van der Waals surface area contributed by atoms with Gasteiger partial charge in [-0.2, -0.15) is 9.57 Å². The molecule has 0 atom stereocenters. The summed E-state index contributed by atoms with van der Waals surface area (Å²) in [6.45, 7) is -0.356. The number of rotatable bonds is 4. The van der Waals surface area contributed by atoms with Crippen LogP contribution in [0.3, 0.4) is 0 Å². The quantitative estimate of drug-likeness (QED) is 0.799. The zero-order valence-corrected chi connectivity index (χ0v) is 14.9. The molecule has 140 valence electrons. The van der Waals surface area contributed by atoms with Crippen molar-refractivity contribution in [2.75, 3.05) is 24.5 Å². The van der Waals surface area contributed by atoms with Crippen LogP contribution >= 0.6 is 0 Å². The van der Waals surface area contributed by atoms with Gasteiger partial charge >= 0.3 is 0 Å². The molecule has 1 aliphatic heterocycles. The van der Waals surface area contributed by atoms with E-state index in [1.165, 1.54) is 35.2 Å². The lowest BCUT2D eigenvalue weighted by Crippen LogP contribution is -2.52. The van der Waals surface area contributed by atoms with Crippen molar-refractivity contribution in [3.8, 4) is 6.07 Å². The van der Waals surface area contributed by atoms with Crippen molar-refractivity contribution in [2.24, 2.45) is 0 Å². The van der Waals surface area contributed by atoms with Crippen LogP contribution in [-0.4, -0.2) is 38.3 Å². The highest BCUT2D eigenvalue weighted by atomic mass is 32.2. The van der Waals surface area contributed by atoms with Gasteiger partial charge in [0.1, 0.15) is 11.6 Å². The summed E-state index contributed by atoms with van der Waals surface area (Å²) in [7, 11) is -3.97. The molecule has 0 unspecified atom stereocenters. The molecule has 0 saturated carbocycles. The van der Waals surface area contributed by atoms with Crippen LogP contribution in [0, 0.1) is 23.0 Å². The van der Waals surface area contributed by atoms with Crippen molar-refractivity contribution in [2.45, 2.75) is 5.75 Å². The maximum Gasteiger partial charge on any atom is 0.242 e. The van der Waals surface area contributed by atoms with Gasteiger partial charge < -0.3 is 4.90 Å². The number of nitriles is 1. The molecule has 0 bridgehead atoms. The molecule has 1 saturated heterocycles. The molecule has 1 heterocycles. The van der Waals surface area contributed by atoms with E-state index in [0.717, 1.165) is 10.4 Å². The minimum Gasteiger partial charge on any atom is -0.310 e. The van der Waals surface area contributed by atoms with Crippen LogP contribution in [0.4, 0.5) is 14.5 Å². The molecule has 2 aromatic rings. The molecule has 1 aliphatic rings. The molecule has 0 N–H and O–H groups in total. The van der Waals surface area contributed by atoms with Gasteiger partial charge in [0.2, 0.25) is 15.9 Å². The minimum atomic E-state index is -3.97. The van der Waals surface area contributed by atoms with Gasteiger partial charge in [-0.1, -0.05) is 6.07 Å². The summed E-state index contributed by atoms with van der Waals surface area (Å²) in [4.78, 5) is 13.7. The first-order chi connectivity index (χ1) is 12.8. The van der Waals surface area contributed by atoms with E-state index in [-0.39, 0.29) is 24.2 Å². The third-order valence-electron chi connectivity index (χ3n) is 4.21. The number of halogens is 2. The second-order valence-corrected chi connectivity index (χ2v) is 8.00. The first-order valence-corrected chi connectivity index (χ1v) is 9.63. The van der Waals surface area contributed by atoms with E-state index in [1.54, 1.807) is 6.07 Å². The minimum absolute atomic E-state index is 0.00411. The van der Waals surface area contributed by atoms with Gasteiger partial charge in [0.05, 0.1) is 23.9 Å². The number of carbonyl (C=O) groups is 1. The molecular formula is C18H15F2N3O3S. The molecule has 2 aromatic carbocycles. The number of piperazine rings is 1. The Hall–Kier alpha value is -2.83. The molecule has 27 heavy (non-hydrogen) atoms. The topological polar surface area (TPSA) is 81.5 Å². The number of benzene rings is 2. The largest absolute Gasteiger partial charge is 0.310 e. The average Bonchev–Trinajstić information content (AvgIpc) is 2.63. The number of sulfonamides is 1. The first kappa shape index (κ1) is 18.9. The molecule has 1 fully saturated rings. The third-order valence-corrected chi connectivity index (χ3v) is 5.99. The number of nitrogens with zero attached hydrogens (tertiary/aromatic N) is 3. The molecule has 1 amide bonds. The van der Waals surface area contributed by atoms with Gasteiger partial charge in [0.15, 0.2) is 0 Å². The summed E-state index contributed by atoms with van der Waals surface area (Å²) in [5.74, 6) is -2.38. The Balaban J connectivity index is 1.76. The van der Waals surface area contributed by atoms with Crippen molar-refractivity contribution in [3.63, 3.8) is 0 Å². The normalized spacial score (nSPS) is 15.6. The maximum absolute atomic E-state index is 13.9. The Bertz CT molecular complexity index is 1030. The van der Waals surface area contributed by atoms with Crippen LogP contribution in [0.5, 0.6) is 0 Å². The second-order valence-electron chi connectivity index (χ2n) is 6.03. The monoisotopic (exact) mass is 391 g/mol. The summed E-state index contributed by atoms with van der Waals surface area (Å²) >= 11 is 0. The highest BCUT2D eigenvalue weighted by molar-refractivity contribution is 7.88. The van der Waals surface area contributed by atoms with Gasteiger partial charge in [0.25, 0.3) is 0 Å². The van der Waals surface area contributed by atoms with Crippen LogP contribution in [0.25, 0.3) is 0 Å². The van der Waals surface area contributed by atoms with Gasteiger partial charge in [0, 0.05) is 24.3 Å². The van der Waals surface area contributed by atoms with Crippen molar-refractivity contribution in [1.29, 1.82) is 5.26 Å². The molecule has 9 heteroatoms. The Morgan fingerprint density at radius 3 is 2.56 bits per heavy atom. The summed E-state index contributed by atoms with van der Waals surface area (Å²) in [6.07, 6.45) is 0. The van der Waals surface area contributed by atoms with Crippen LogP contribution in [0.2, 0.25) is 0 Å². The number of amides is 1. The lowest BCUT2D eigenvalue weighted by Gasteiger charge is -2.33. The Kier molecular flexibility index (Phi) is 5.21. The molecular weight excluding hydrogens is 376 g/mol.